The van der Waals surface area contributed by atoms with Gasteiger partial charge in [0, 0.05) is 49.6 Å². The second-order valence-electron chi connectivity index (χ2n) is 8.56. The van der Waals surface area contributed by atoms with Crippen LogP contribution in [0.1, 0.15) is 32.1 Å². The monoisotopic (exact) mass is 392 g/mol. The van der Waals surface area contributed by atoms with E-state index in [2.05, 4.69) is 32.6 Å². The number of rotatable bonds is 3. The number of hydrogen-bond acceptors (Lipinski definition) is 3. The normalized spacial score (nSPS) is 27.2. The maximum atomic E-state index is 12.6. The van der Waals surface area contributed by atoms with Gasteiger partial charge < -0.3 is 15.5 Å². The highest BCUT2D eigenvalue weighted by Crippen LogP contribution is 2.30. The Bertz CT molecular complexity index is 925. The molecule has 5 rings (SSSR count). The van der Waals surface area contributed by atoms with Crippen molar-refractivity contribution in [3.63, 3.8) is 0 Å². The molecule has 3 aliphatic rings. The molecule has 0 bridgehead atoms. The summed E-state index contributed by atoms with van der Waals surface area (Å²) in [5, 5.41) is 8.38. The maximum absolute atomic E-state index is 12.6. The van der Waals surface area contributed by atoms with E-state index in [9.17, 15) is 9.59 Å². The molecule has 0 radical (unpaired) electrons. The van der Waals surface area contributed by atoms with Crippen molar-refractivity contribution < 1.29 is 9.59 Å². The minimum absolute atomic E-state index is 0.127. The van der Waals surface area contributed by atoms with Gasteiger partial charge in [-0.15, -0.1) is 0 Å². The quantitative estimate of drug-likeness (QED) is 0.843. The number of carbonyl (C=O) groups is 2. The molecule has 3 amide bonds. The van der Waals surface area contributed by atoms with E-state index in [4.69, 9.17) is 0 Å². The molecule has 2 aromatic carbocycles. The van der Waals surface area contributed by atoms with Crippen LogP contribution in [0.2, 0.25) is 0 Å². The van der Waals surface area contributed by atoms with Crippen LogP contribution in [0.5, 0.6) is 0 Å². The van der Waals surface area contributed by atoms with Crippen molar-refractivity contribution in [2.24, 2.45) is 0 Å². The van der Waals surface area contributed by atoms with Crippen LogP contribution in [0.15, 0.2) is 42.5 Å². The van der Waals surface area contributed by atoms with Crippen LogP contribution in [-0.2, 0) is 4.79 Å². The number of anilines is 1. The largest absolute Gasteiger partial charge is 0.337 e. The fourth-order valence-electron chi connectivity index (χ4n) is 5.32. The molecule has 29 heavy (non-hydrogen) atoms. The molecule has 2 saturated heterocycles. The Labute approximate surface area is 171 Å². The number of fused-ring (bicyclic) bond motifs is 2. The Morgan fingerprint density at radius 1 is 0.966 bits per heavy atom. The minimum atomic E-state index is -0.127. The molecular formula is C23H28N4O2. The number of amides is 3. The Kier molecular flexibility index (Phi) is 4.87. The van der Waals surface area contributed by atoms with Crippen molar-refractivity contribution in [2.45, 2.75) is 50.2 Å². The second kappa shape index (κ2) is 7.67. The van der Waals surface area contributed by atoms with Crippen molar-refractivity contribution in [3.8, 4) is 0 Å². The highest BCUT2D eigenvalue weighted by molar-refractivity contribution is 6.01. The van der Waals surface area contributed by atoms with Crippen LogP contribution in [0.3, 0.4) is 0 Å². The first-order chi connectivity index (χ1) is 14.2. The topological polar surface area (TPSA) is 64.7 Å². The summed E-state index contributed by atoms with van der Waals surface area (Å²) in [4.78, 5) is 29.1. The van der Waals surface area contributed by atoms with E-state index in [1.165, 1.54) is 0 Å². The zero-order chi connectivity index (χ0) is 19.8. The lowest BCUT2D eigenvalue weighted by atomic mass is 10.1. The molecule has 3 fully saturated rings. The third-order valence-corrected chi connectivity index (χ3v) is 6.82. The first-order valence-electron chi connectivity index (χ1n) is 10.8. The fraction of sp³-hybridized carbons (Fsp3) is 0.478. The van der Waals surface area contributed by atoms with Gasteiger partial charge in [0.2, 0.25) is 5.91 Å². The Morgan fingerprint density at radius 3 is 2.76 bits per heavy atom. The predicted octanol–water partition coefficient (Wildman–Crippen LogP) is 3.19. The van der Waals surface area contributed by atoms with E-state index in [0.717, 1.165) is 61.8 Å². The molecule has 6 nitrogen and oxygen atoms in total. The van der Waals surface area contributed by atoms with E-state index in [1.54, 1.807) is 0 Å². The number of nitrogens with one attached hydrogen (secondary N) is 2. The molecule has 2 aromatic rings. The Balaban J connectivity index is 1.16. The van der Waals surface area contributed by atoms with E-state index < -0.39 is 0 Å². The van der Waals surface area contributed by atoms with Gasteiger partial charge in [-0.2, -0.15) is 0 Å². The number of piperazine rings is 1. The highest BCUT2D eigenvalue weighted by atomic mass is 16.2. The van der Waals surface area contributed by atoms with Gasteiger partial charge in [-0.05, 0) is 37.1 Å². The summed E-state index contributed by atoms with van der Waals surface area (Å²) in [5.41, 5.74) is 0.845. The summed E-state index contributed by atoms with van der Waals surface area (Å²) in [5.74, 6) is 0.325. The van der Waals surface area contributed by atoms with Crippen molar-refractivity contribution in [1.29, 1.82) is 0 Å². The molecule has 1 saturated carbocycles. The van der Waals surface area contributed by atoms with Gasteiger partial charge >= 0.3 is 6.03 Å². The molecule has 6 heteroatoms. The van der Waals surface area contributed by atoms with Crippen molar-refractivity contribution in [1.82, 2.24) is 15.1 Å². The lowest BCUT2D eigenvalue weighted by Crippen LogP contribution is -2.54. The van der Waals surface area contributed by atoms with Crippen LogP contribution < -0.4 is 10.6 Å². The number of urea groups is 1. The number of nitrogens with zero attached hydrogens (tertiary/aromatic N) is 2. The zero-order valence-corrected chi connectivity index (χ0v) is 16.6. The van der Waals surface area contributed by atoms with Gasteiger partial charge in [-0.1, -0.05) is 36.4 Å². The highest BCUT2D eigenvalue weighted by Gasteiger charge is 2.39. The average molecular weight is 393 g/mol. The standard InChI is InChI=1S/C23H28N4O2/c28-22-11-10-19-15-26(12-13-27(19)22)18-9-8-17(14-18)24-23(29)25-21-7-3-5-16-4-1-2-6-20(16)21/h1-7,17-19H,8-15H2,(H2,24,25,29). The second-order valence-corrected chi connectivity index (χ2v) is 8.56. The van der Waals surface area contributed by atoms with Gasteiger partial charge in [0.1, 0.15) is 0 Å². The molecule has 152 valence electrons. The third-order valence-electron chi connectivity index (χ3n) is 6.82. The summed E-state index contributed by atoms with van der Waals surface area (Å²) in [6, 6.07) is 15.0. The van der Waals surface area contributed by atoms with Crippen molar-refractivity contribution in [2.75, 3.05) is 25.0 Å². The lowest BCUT2D eigenvalue weighted by Gasteiger charge is -2.40. The molecule has 1 aliphatic carbocycles. The van der Waals surface area contributed by atoms with Gasteiger partial charge in [0.05, 0.1) is 5.69 Å². The van der Waals surface area contributed by atoms with E-state index in [0.29, 0.717) is 24.4 Å². The molecule has 2 aliphatic heterocycles. The maximum Gasteiger partial charge on any atom is 0.319 e. The number of benzene rings is 2. The lowest BCUT2D eigenvalue weighted by molar-refractivity contribution is -0.131. The number of carbonyl (C=O) groups excluding carboxylic acids is 2. The summed E-state index contributed by atoms with van der Waals surface area (Å²) < 4.78 is 0. The third kappa shape index (κ3) is 3.69. The average Bonchev–Trinajstić information content (AvgIpc) is 3.35. The van der Waals surface area contributed by atoms with Crippen LogP contribution in [0.4, 0.5) is 10.5 Å². The molecule has 0 spiro atoms. The van der Waals surface area contributed by atoms with Crippen LogP contribution in [0, 0.1) is 0 Å². The summed E-state index contributed by atoms with van der Waals surface area (Å²) >= 11 is 0. The summed E-state index contributed by atoms with van der Waals surface area (Å²) in [7, 11) is 0. The van der Waals surface area contributed by atoms with Gasteiger partial charge in [-0.3, -0.25) is 9.69 Å². The molecule has 3 atom stereocenters. The number of hydrogen-bond donors (Lipinski definition) is 2. The van der Waals surface area contributed by atoms with Crippen LogP contribution in [-0.4, -0.2) is 59.5 Å². The van der Waals surface area contributed by atoms with Crippen LogP contribution in [0.25, 0.3) is 10.8 Å². The summed E-state index contributed by atoms with van der Waals surface area (Å²) in [6.07, 6.45) is 4.82. The van der Waals surface area contributed by atoms with Crippen LogP contribution >= 0.6 is 0 Å². The molecule has 3 unspecified atom stereocenters. The zero-order valence-electron chi connectivity index (χ0n) is 16.6. The van der Waals surface area contributed by atoms with E-state index >= 15 is 0 Å². The van der Waals surface area contributed by atoms with Crippen molar-refractivity contribution >= 4 is 28.4 Å². The first kappa shape index (κ1) is 18.4. The first-order valence-corrected chi connectivity index (χ1v) is 10.8. The smallest absolute Gasteiger partial charge is 0.319 e. The molecule has 2 N–H and O–H groups in total. The molecule has 0 aromatic heterocycles. The van der Waals surface area contributed by atoms with Crippen molar-refractivity contribution in [3.05, 3.63) is 42.5 Å². The van der Waals surface area contributed by atoms with Gasteiger partial charge in [0.15, 0.2) is 0 Å². The van der Waals surface area contributed by atoms with E-state index in [1.807, 2.05) is 30.3 Å². The fourth-order valence-corrected chi connectivity index (χ4v) is 5.32. The van der Waals surface area contributed by atoms with E-state index in [-0.39, 0.29) is 12.1 Å². The molecule has 2 heterocycles. The SMILES string of the molecule is O=C(Nc1cccc2ccccc12)NC1CCC(N2CCN3C(=O)CCC3C2)C1. The molecular weight excluding hydrogens is 364 g/mol. The Hall–Kier alpha value is -2.60. The van der Waals surface area contributed by atoms with Gasteiger partial charge in [-0.25, -0.2) is 4.79 Å². The predicted molar refractivity (Wildman–Crippen MR) is 114 cm³/mol. The summed E-state index contributed by atoms with van der Waals surface area (Å²) in [6.45, 7) is 2.81. The Morgan fingerprint density at radius 2 is 1.83 bits per heavy atom. The minimum Gasteiger partial charge on any atom is -0.337 e. The van der Waals surface area contributed by atoms with Gasteiger partial charge in [0.25, 0.3) is 0 Å².